The number of nitrogens with two attached hydrogens (primary N) is 1. The Hall–Kier alpha value is -2.15. The van der Waals surface area contributed by atoms with Crippen molar-refractivity contribution >= 4 is 11.8 Å². The Labute approximate surface area is 130 Å². The molecule has 0 aromatic carbocycles. The molecule has 118 valence electrons. The van der Waals surface area contributed by atoms with Crippen LogP contribution in [-0.4, -0.2) is 32.8 Å². The molecule has 2 aromatic rings. The highest BCUT2D eigenvalue weighted by Crippen LogP contribution is 2.20. The Balaban J connectivity index is 1.60. The number of fused-ring (bicyclic) bond motifs is 1. The van der Waals surface area contributed by atoms with Crippen LogP contribution in [0.5, 0.6) is 0 Å². The molecule has 0 unspecified atom stereocenters. The minimum Gasteiger partial charge on any atom is -0.370 e. The summed E-state index contributed by atoms with van der Waals surface area (Å²) in [7, 11) is 0. The SMILES string of the molecule is Cc1cc(C)n(CCCNc2nc(N)nc3c2CCNC3)n1. The number of rotatable bonds is 5. The van der Waals surface area contributed by atoms with Crippen LogP contribution in [0.2, 0.25) is 0 Å². The van der Waals surface area contributed by atoms with Crippen LogP contribution in [0.25, 0.3) is 0 Å². The molecule has 7 nitrogen and oxygen atoms in total. The van der Waals surface area contributed by atoms with Gasteiger partial charge in [0.1, 0.15) is 5.82 Å². The van der Waals surface area contributed by atoms with E-state index >= 15 is 0 Å². The van der Waals surface area contributed by atoms with E-state index in [-0.39, 0.29) is 0 Å². The standard InChI is InChI=1S/C15H23N7/c1-10-8-11(2)22(21-10)7-3-5-18-14-12-4-6-17-9-13(12)19-15(16)20-14/h8,17H,3-7,9H2,1-2H3,(H3,16,18,19,20). The second kappa shape index (κ2) is 6.31. The topological polar surface area (TPSA) is 93.7 Å². The first kappa shape index (κ1) is 14.8. The lowest BCUT2D eigenvalue weighted by Crippen LogP contribution is -2.27. The van der Waals surface area contributed by atoms with Crippen molar-refractivity contribution in [2.75, 3.05) is 24.1 Å². The van der Waals surface area contributed by atoms with Gasteiger partial charge in [-0.15, -0.1) is 0 Å². The molecule has 0 aliphatic carbocycles. The fourth-order valence-corrected chi connectivity index (χ4v) is 2.86. The summed E-state index contributed by atoms with van der Waals surface area (Å²) in [5.74, 6) is 1.22. The molecule has 22 heavy (non-hydrogen) atoms. The fourth-order valence-electron chi connectivity index (χ4n) is 2.86. The van der Waals surface area contributed by atoms with Crippen molar-refractivity contribution < 1.29 is 0 Å². The Morgan fingerprint density at radius 1 is 1.36 bits per heavy atom. The average molecular weight is 301 g/mol. The molecule has 3 rings (SSSR count). The number of nitrogens with one attached hydrogen (secondary N) is 2. The molecule has 7 heteroatoms. The normalized spacial score (nSPS) is 13.9. The monoisotopic (exact) mass is 301 g/mol. The van der Waals surface area contributed by atoms with Gasteiger partial charge in [0.2, 0.25) is 5.95 Å². The van der Waals surface area contributed by atoms with Crippen LogP contribution in [0.3, 0.4) is 0 Å². The molecule has 0 bridgehead atoms. The van der Waals surface area contributed by atoms with Gasteiger partial charge in [-0.3, -0.25) is 4.68 Å². The highest BCUT2D eigenvalue weighted by Gasteiger charge is 2.16. The van der Waals surface area contributed by atoms with Gasteiger partial charge in [-0.2, -0.15) is 10.1 Å². The van der Waals surface area contributed by atoms with E-state index in [9.17, 15) is 0 Å². The Morgan fingerprint density at radius 2 is 2.23 bits per heavy atom. The number of nitrogens with zero attached hydrogens (tertiary/aromatic N) is 4. The van der Waals surface area contributed by atoms with Crippen LogP contribution >= 0.6 is 0 Å². The van der Waals surface area contributed by atoms with E-state index in [2.05, 4.69) is 38.7 Å². The van der Waals surface area contributed by atoms with Crippen LogP contribution in [-0.2, 0) is 19.5 Å². The lowest BCUT2D eigenvalue weighted by Gasteiger charge is -2.19. The molecule has 0 saturated carbocycles. The first-order chi connectivity index (χ1) is 10.6. The molecule has 0 saturated heterocycles. The van der Waals surface area contributed by atoms with E-state index in [1.807, 2.05) is 11.6 Å². The summed E-state index contributed by atoms with van der Waals surface area (Å²) in [5, 5.41) is 11.2. The molecule has 1 aliphatic heterocycles. The predicted octanol–water partition coefficient (Wildman–Crippen LogP) is 1.02. The van der Waals surface area contributed by atoms with E-state index in [0.717, 1.165) is 56.2 Å². The molecular formula is C15H23N7. The van der Waals surface area contributed by atoms with Crippen molar-refractivity contribution in [3.8, 4) is 0 Å². The van der Waals surface area contributed by atoms with Crippen LogP contribution in [0.1, 0.15) is 29.1 Å². The summed E-state index contributed by atoms with van der Waals surface area (Å²) in [6, 6.07) is 2.10. The van der Waals surface area contributed by atoms with Gasteiger partial charge >= 0.3 is 0 Å². The van der Waals surface area contributed by atoms with Crippen molar-refractivity contribution in [1.82, 2.24) is 25.1 Å². The summed E-state index contributed by atoms with van der Waals surface area (Å²) in [6.07, 6.45) is 1.92. The van der Waals surface area contributed by atoms with Gasteiger partial charge in [0, 0.05) is 30.9 Å². The Morgan fingerprint density at radius 3 is 3.00 bits per heavy atom. The van der Waals surface area contributed by atoms with E-state index in [4.69, 9.17) is 5.73 Å². The van der Waals surface area contributed by atoms with Crippen molar-refractivity contribution in [3.05, 3.63) is 28.7 Å². The van der Waals surface area contributed by atoms with Gasteiger partial charge in [0.25, 0.3) is 0 Å². The minimum absolute atomic E-state index is 0.337. The lowest BCUT2D eigenvalue weighted by atomic mass is 10.1. The highest BCUT2D eigenvalue weighted by atomic mass is 15.3. The summed E-state index contributed by atoms with van der Waals surface area (Å²) < 4.78 is 2.05. The molecule has 0 amide bonds. The van der Waals surface area contributed by atoms with E-state index in [1.165, 1.54) is 11.3 Å². The maximum Gasteiger partial charge on any atom is 0.222 e. The third-order valence-electron chi connectivity index (χ3n) is 3.90. The molecule has 0 atom stereocenters. The van der Waals surface area contributed by atoms with Gasteiger partial charge in [0.05, 0.1) is 11.4 Å². The second-order valence-electron chi connectivity index (χ2n) is 5.71. The van der Waals surface area contributed by atoms with Crippen LogP contribution in [0.15, 0.2) is 6.07 Å². The number of aryl methyl sites for hydroxylation is 3. The quantitative estimate of drug-likeness (QED) is 0.714. The number of anilines is 2. The molecule has 2 aromatic heterocycles. The van der Waals surface area contributed by atoms with Crippen molar-refractivity contribution in [2.45, 2.75) is 39.8 Å². The van der Waals surface area contributed by atoms with E-state index in [0.29, 0.717) is 5.95 Å². The first-order valence-electron chi connectivity index (χ1n) is 7.74. The molecule has 4 N–H and O–H groups in total. The Kier molecular flexibility index (Phi) is 4.24. The number of aromatic nitrogens is 4. The average Bonchev–Trinajstić information content (AvgIpc) is 2.81. The van der Waals surface area contributed by atoms with Crippen LogP contribution in [0.4, 0.5) is 11.8 Å². The largest absolute Gasteiger partial charge is 0.370 e. The third kappa shape index (κ3) is 3.19. The van der Waals surface area contributed by atoms with Gasteiger partial charge in [0.15, 0.2) is 0 Å². The van der Waals surface area contributed by atoms with Crippen molar-refractivity contribution in [2.24, 2.45) is 0 Å². The maximum absolute atomic E-state index is 5.80. The zero-order valence-electron chi connectivity index (χ0n) is 13.2. The molecular weight excluding hydrogens is 278 g/mol. The molecule has 0 radical (unpaired) electrons. The molecule has 0 fully saturated rings. The second-order valence-corrected chi connectivity index (χ2v) is 5.71. The summed E-state index contributed by atoms with van der Waals surface area (Å²) in [6.45, 7) is 7.57. The minimum atomic E-state index is 0.337. The lowest BCUT2D eigenvalue weighted by molar-refractivity contribution is 0.572. The third-order valence-corrected chi connectivity index (χ3v) is 3.90. The summed E-state index contributed by atoms with van der Waals surface area (Å²) in [4.78, 5) is 8.67. The highest BCUT2D eigenvalue weighted by molar-refractivity contribution is 5.50. The zero-order chi connectivity index (χ0) is 15.5. The first-order valence-corrected chi connectivity index (χ1v) is 7.74. The Bertz CT molecular complexity index is 662. The zero-order valence-corrected chi connectivity index (χ0v) is 13.2. The number of hydrogen-bond donors (Lipinski definition) is 3. The molecule has 1 aliphatic rings. The van der Waals surface area contributed by atoms with Crippen molar-refractivity contribution in [1.29, 1.82) is 0 Å². The molecule has 0 spiro atoms. The van der Waals surface area contributed by atoms with E-state index in [1.54, 1.807) is 0 Å². The summed E-state index contributed by atoms with van der Waals surface area (Å²) >= 11 is 0. The fraction of sp³-hybridized carbons (Fsp3) is 0.533. The number of nitrogen functional groups attached to an aromatic ring is 1. The van der Waals surface area contributed by atoms with Gasteiger partial charge in [-0.25, -0.2) is 4.98 Å². The molecule has 3 heterocycles. The van der Waals surface area contributed by atoms with Gasteiger partial charge < -0.3 is 16.4 Å². The van der Waals surface area contributed by atoms with E-state index < -0.39 is 0 Å². The van der Waals surface area contributed by atoms with Crippen LogP contribution < -0.4 is 16.4 Å². The number of hydrogen-bond acceptors (Lipinski definition) is 6. The summed E-state index contributed by atoms with van der Waals surface area (Å²) in [5.41, 5.74) is 10.3. The van der Waals surface area contributed by atoms with Crippen LogP contribution in [0, 0.1) is 13.8 Å². The van der Waals surface area contributed by atoms with Crippen molar-refractivity contribution in [3.63, 3.8) is 0 Å². The van der Waals surface area contributed by atoms with Gasteiger partial charge in [-0.1, -0.05) is 0 Å². The van der Waals surface area contributed by atoms with Gasteiger partial charge in [-0.05, 0) is 39.3 Å². The maximum atomic E-state index is 5.80. The predicted molar refractivity (Wildman–Crippen MR) is 86.7 cm³/mol. The smallest absolute Gasteiger partial charge is 0.222 e.